The highest BCUT2D eigenvalue weighted by Crippen LogP contribution is 2.39. The lowest BCUT2D eigenvalue weighted by atomic mass is 9.76. The lowest BCUT2D eigenvalue weighted by Gasteiger charge is -2.47. The quantitative estimate of drug-likeness (QED) is 0.855. The number of rotatable bonds is 3. The van der Waals surface area contributed by atoms with Gasteiger partial charge in [-0.3, -0.25) is 4.79 Å². The molecule has 0 saturated carbocycles. The minimum atomic E-state index is -0.567. The number of hydrogen-bond donors (Lipinski definition) is 1. The molecule has 0 aliphatic carbocycles. The number of hydrogen-bond acceptors (Lipinski definition) is 4. The number of ketones is 1. The maximum atomic E-state index is 11.8. The molecule has 5 heteroatoms. The van der Waals surface area contributed by atoms with Gasteiger partial charge in [-0.1, -0.05) is 0 Å². The third-order valence-corrected chi connectivity index (χ3v) is 3.43. The van der Waals surface area contributed by atoms with Crippen LogP contribution in [0.2, 0.25) is 0 Å². The third-order valence-electron chi connectivity index (χ3n) is 3.43. The summed E-state index contributed by atoms with van der Waals surface area (Å²) in [5.41, 5.74) is -0.615. The third kappa shape index (κ3) is 4.49. The van der Waals surface area contributed by atoms with Crippen LogP contribution in [0.4, 0.5) is 4.79 Å². The Hall–Kier alpha value is -1.10. The lowest BCUT2D eigenvalue weighted by Crippen LogP contribution is -2.54. The molecule has 1 rings (SSSR count). The van der Waals surface area contributed by atoms with Gasteiger partial charge in [-0.05, 0) is 53.4 Å². The number of methoxy groups -OCH3 is 1. The normalized spacial score (nSPS) is 23.5. The van der Waals surface area contributed by atoms with E-state index in [9.17, 15) is 9.59 Å². The summed E-state index contributed by atoms with van der Waals surface area (Å²) in [7, 11) is 1.30. The van der Waals surface area contributed by atoms with E-state index in [1.807, 2.05) is 27.7 Å². The van der Waals surface area contributed by atoms with Crippen molar-refractivity contribution < 1.29 is 19.1 Å². The minimum Gasteiger partial charge on any atom is -0.453 e. The van der Waals surface area contributed by atoms with E-state index in [4.69, 9.17) is 4.74 Å². The van der Waals surface area contributed by atoms with E-state index in [-0.39, 0.29) is 22.9 Å². The van der Waals surface area contributed by atoms with Crippen LogP contribution in [0.3, 0.4) is 0 Å². The molecular weight excluding hydrogens is 246 g/mol. The predicted molar refractivity (Wildman–Crippen MR) is 72.0 cm³/mol. The Labute approximate surface area is 115 Å². The molecule has 0 radical (unpaired) electrons. The first-order valence-corrected chi connectivity index (χ1v) is 6.61. The second kappa shape index (κ2) is 5.49. The number of Topliss-reactive ketones (excluding diaryl/α,β-unsaturated/α-hetero) is 1. The van der Waals surface area contributed by atoms with Crippen LogP contribution < -0.4 is 5.32 Å². The summed E-state index contributed by atoms with van der Waals surface area (Å²) in [6.07, 6.45) is 0.886. The Morgan fingerprint density at radius 1 is 1.21 bits per heavy atom. The Bertz CT molecular complexity index is 346. The van der Waals surface area contributed by atoms with Crippen molar-refractivity contribution >= 4 is 11.9 Å². The standard InChI is InChI=1S/C14H25NO4/c1-9(16)11(15-12(17)18-6)10-7-13(2,3)19-14(4,5)8-10/h10-11H,7-8H2,1-6H3,(H,15,17). The van der Waals surface area contributed by atoms with Crippen LogP contribution in [0.15, 0.2) is 0 Å². The van der Waals surface area contributed by atoms with Crippen molar-refractivity contribution in [2.24, 2.45) is 5.92 Å². The summed E-state index contributed by atoms with van der Waals surface area (Å²) in [5, 5.41) is 2.65. The molecule has 1 heterocycles. The topological polar surface area (TPSA) is 64.6 Å². The molecule has 1 atom stereocenters. The van der Waals surface area contributed by atoms with Crippen molar-refractivity contribution in [2.45, 2.75) is 64.7 Å². The van der Waals surface area contributed by atoms with Crippen molar-refractivity contribution in [2.75, 3.05) is 7.11 Å². The molecule has 19 heavy (non-hydrogen) atoms. The van der Waals surface area contributed by atoms with Crippen molar-refractivity contribution in [3.05, 3.63) is 0 Å². The van der Waals surface area contributed by atoms with Crippen molar-refractivity contribution in [1.82, 2.24) is 5.32 Å². The van der Waals surface area contributed by atoms with Crippen LogP contribution >= 0.6 is 0 Å². The van der Waals surface area contributed by atoms with Gasteiger partial charge in [-0.25, -0.2) is 4.79 Å². The van der Waals surface area contributed by atoms with Gasteiger partial charge < -0.3 is 14.8 Å². The van der Waals surface area contributed by atoms with E-state index in [1.165, 1.54) is 14.0 Å². The van der Waals surface area contributed by atoms with Gasteiger partial charge in [0.25, 0.3) is 0 Å². The fraction of sp³-hybridized carbons (Fsp3) is 0.857. The maximum Gasteiger partial charge on any atom is 0.407 e. The zero-order chi connectivity index (χ0) is 14.8. The average Bonchev–Trinajstić information content (AvgIpc) is 2.20. The Kier molecular flexibility index (Phi) is 4.61. The molecule has 1 amide bonds. The first-order chi connectivity index (χ1) is 8.56. The smallest absolute Gasteiger partial charge is 0.407 e. The average molecular weight is 271 g/mol. The Morgan fingerprint density at radius 2 is 1.68 bits per heavy atom. The Morgan fingerprint density at radius 3 is 2.05 bits per heavy atom. The number of nitrogens with one attached hydrogen (secondary N) is 1. The van der Waals surface area contributed by atoms with Crippen LogP contribution in [0, 0.1) is 5.92 Å². The van der Waals surface area contributed by atoms with E-state index in [2.05, 4.69) is 10.1 Å². The fourth-order valence-corrected chi connectivity index (χ4v) is 3.14. The first-order valence-electron chi connectivity index (χ1n) is 6.61. The number of ether oxygens (including phenoxy) is 2. The first kappa shape index (κ1) is 16.0. The molecule has 0 bridgehead atoms. The van der Waals surface area contributed by atoms with Gasteiger partial charge >= 0.3 is 6.09 Å². The Balaban J connectivity index is 2.89. The lowest BCUT2D eigenvalue weighted by molar-refractivity contribution is -0.176. The van der Waals surface area contributed by atoms with E-state index >= 15 is 0 Å². The largest absolute Gasteiger partial charge is 0.453 e. The summed E-state index contributed by atoms with van der Waals surface area (Å²) >= 11 is 0. The summed E-state index contributed by atoms with van der Waals surface area (Å²) in [5.74, 6) is -0.000694. The van der Waals surface area contributed by atoms with Gasteiger partial charge in [0.2, 0.25) is 0 Å². The SMILES string of the molecule is COC(=O)NC(C(C)=O)C1CC(C)(C)OC(C)(C)C1. The van der Waals surface area contributed by atoms with Crippen LogP contribution in [0.1, 0.15) is 47.5 Å². The van der Waals surface area contributed by atoms with Crippen LogP contribution in [-0.2, 0) is 14.3 Å². The second-order valence-electron chi connectivity index (χ2n) is 6.51. The van der Waals surface area contributed by atoms with Gasteiger partial charge in [-0.2, -0.15) is 0 Å². The van der Waals surface area contributed by atoms with Crippen LogP contribution in [0.5, 0.6) is 0 Å². The molecule has 110 valence electrons. The zero-order valence-corrected chi connectivity index (χ0v) is 12.7. The number of carbonyl (C=O) groups excluding carboxylic acids is 2. The molecular formula is C14H25NO4. The van der Waals surface area contributed by atoms with Crippen LogP contribution in [-0.4, -0.2) is 36.2 Å². The molecule has 1 saturated heterocycles. The summed E-state index contributed by atoms with van der Waals surface area (Å²) in [4.78, 5) is 23.2. The van der Waals surface area contributed by atoms with Crippen LogP contribution in [0.25, 0.3) is 0 Å². The number of carbonyl (C=O) groups is 2. The molecule has 1 fully saturated rings. The molecule has 1 aliphatic rings. The van der Waals surface area contributed by atoms with Crippen molar-refractivity contribution in [3.63, 3.8) is 0 Å². The van der Waals surface area contributed by atoms with E-state index in [0.717, 1.165) is 12.8 Å². The summed E-state index contributed by atoms with van der Waals surface area (Å²) < 4.78 is 10.6. The highest BCUT2D eigenvalue weighted by Gasteiger charge is 2.43. The van der Waals surface area contributed by atoms with E-state index < -0.39 is 12.1 Å². The van der Waals surface area contributed by atoms with Gasteiger partial charge in [-0.15, -0.1) is 0 Å². The summed E-state index contributed by atoms with van der Waals surface area (Å²) in [6.45, 7) is 9.54. The van der Waals surface area contributed by atoms with E-state index in [1.54, 1.807) is 0 Å². The summed E-state index contributed by atoms with van der Waals surface area (Å²) in [6, 6.07) is -0.519. The number of amides is 1. The molecule has 1 N–H and O–H groups in total. The van der Waals surface area contributed by atoms with Gasteiger partial charge in [0.1, 0.15) is 0 Å². The highest BCUT2D eigenvalue weighted by molar-refractivity contribution is 5.85. The predicted octanol–water partition coefficient (Wildman–Crippen LogP) is 2.28. The zero-order valence-electron chi connectivity index (χ0n) is 12.7. The number of alkyl carbamates (subject to hydrolysis) is 1. The molecule has 0 aromatic carbocycles. The monoisotopic (exact) mass is 271 g/mol. The van der Waals surface area contributed by atoms with Crippen molar-refractivity contribution in [1.29, 1.82) is 0 Å². The highest BCUT2D eigenvalue weighted by atomic mass is 16.5. The van der Waals surface area contributed by atoms with Crippen molar-refractivity contribution in [3.8, 4) is 0 Å². The minimum absolute atomic E-state index is 0.0512. The van der Waals surface area contributed by atoms with Gasteiger partial charge in [0, 0.05) is 0 Å². The van der Waals surface area contributed by atoms with Gasteiger partial charge in [0.15, 0.2) is 5.78 Å². The molecule has 0 aromatic rings. The second-order valence-corrected chi connectivity index (χ2v) is 6.51. The molecule has 5 nitrogen and oxygen atoms in total. The van der Waals surface area contributed by atoms with E-state index in [0.29, 0.717) is 0 Å². The molecule has 0 spiro atoms. The molecule has 0 aromatic heterocycles. The molecule has 1 unspecified atom stereocenters. The van der Waals surface area contributed by atoms with Gasteiger partial charge in [0.05, 0.1) is 24.4 Å². The fourth-order valence-electron chi connectivity index (χ4n) is 3.14. The molecule has 1 aliphatic heterocycles. The maximum absolute atomic E-state index is 11.8.